The highest BCUT2D eigenvalue weighted by molar-refractivity contribution is 5.83. The molecule has 2 aromatic rings. The minimum atomic E-state index is -0.421. The van der Waals surface area contributed by atoms with Gasteiger partial charge in [-0.25, -0.2) is 0 Å². The van der Waals surface area contributed by atoms with Crippen LogP contribution in [0, 0.1) is 0 Å². The molecule has 1 amide bonds. The quantitative estimate of drug-likeness (QED) is 0.738. The molecule has 0 radical (unpaired) electrons. The number of hydrogen-bond acceptors (Lipinski definition) is 5. The third-order valence-corrected chi connectivity index (χ3v) is 5.16. The van der Waals surface area contributed by atoms with Crippen LogP contribution in [0.25, 0.3) is 0 Å². The molecule has 1 aliphatic rings. The number of nitrogens with zero attached hydrogens (tertiary/aromatic N) is 3. The molecule has 0 saturated carbocycles. The van der Waals surface area contributed by atoms with Gasteiger partial charge in [-0.3, -0.25) is 14.4 Å². The molecule has 27 heavy (non-hydrogen) atoms. The number of nitrogens with one attached hydrogen (secondary N) is 2. The van der Waals surface area contributed by atoms with Crippen molar-refractivity contribution < 1.29 is 9.53 Å². The molecular formula is C20H29N5O2. The number of likely N-dealkylation sites (N-methyl/N-ethyl adjacent to an activating group) is 1. The fraction of sp³-hybridized carbons (Fsp3) is 0.500. The van der Waals surface area contributed by atoms with Gasteiger partial charge >= 0.3 is 0 Å². The zero-order chi connectivity index (χ0) is 19.2. The van der Waals surface area contributed by atoms with Crippen LogP contribution in [0.4, 0.5) is 0 Å². The molecule has 2 unspecified atom stereocenters. The first-order valence-electron chi connectivity index (χ1n) is 9.44. The van der Waals surface area contributed by atoms with Crippen LogP contribution in [-0.4, -0.2) is 54.4 Å². The minimum absolute atomic E-state index is 0.0513. The third-order valence-electron chi connectivity index (χ3n) is 5.16. The zero-order valence-corrected chi connectivity index (χ0v) is 16.3. The summed E-state index contributed by atoms with van der Waals surface area (Å²) >= 11 is 0. The van der Waals surface area contributed by atoms with E-state index in [1.165, 1.54) is 12.8 Å². The van der Waals surface area contributed by atoms with Crippen LogP contribution in [0.3, 0.4) is 0 Å². The number of hydrogen-bond donors (Lipinski definition) is 2. The highest BCUT2D eigenvalue weighted by Crippen LogP contribution is 2.31. The zero-order valence-electron chi connectivity index (χ0n) is 16.3. The van der Waals surface area contributed by atoms with E-state index in [4.69, 9.17) is 4.74 Å². The number of benzene rings is 1. The van der Waals surface area contributed by atoms with Gasteiger partial charge in [-0.1, -0.05) is 18.2 Å². The van der Waals surface area contributed by atoms with Gasteiger partial charge in [0.15, 0.2) is 0 Å². The van der Waals surface area contributed by atoms with E-state index >= 15 is 0 Å². The number of aromatic nitrogens is 2. The molecule has 1 fully saturated rings. The van der Waals surface area contributed by atoms with Crippen LogP contribution >= 0.6 is 0 Å². The minimum Gasteiger partial charge on any atom is -0.496 e. The fourth-order valence-electron chi connectivity index (χ4n) is 3.77. The van der Waals surface area contributed by atoms with Gasteiger partial charge in [-0.2, -0.15) is 5.10 Å². The molecule has 3 rings (SSSR count). The molecule has 146 valence electrons. The van der Waals surface area contributed by atoms with Crippen molar-refractivity contribution in [3.8, 4) is 5.75 Å². The molecule has 0 aliphatic carbocycles. The topological polar surface area (TPSA) is 71.4 Å². The van der Waals surface area contributed by atoms with Gasteiger partial charge in [0.05, 0.1) is 19.3 Å². The Balaban J connectivity index is 1.75. The van der Waals surface area contributed by atoms with Crippen molar-refractivity contribution in [2.24, 2.45) is 7.05 Å². The summed E-state index contributed by atoms with van der Waals surface area (Å²) in [5, 5.41) is 10.4. The second kappa shape index (κ2) is 9.01. The van der Waals surface area contributed by atoms with Crippen molar-refractivity contribution >= 4 is 5.91 Å². The molecule has 0 spiro atoms. The molecule has 2 atom stereocenters. The Morgan fingerprint density at radius 2 is 2.04 bits per heavy atom. The van der Waals surface area contributed by atoms with Crippen molar-refractivity contribution in [3.63, 3.8) is 0 Å². The van der Waals surface area contributed by atoms with E-state index in [0.717, 1.165) is 30.0 Å². The summed E-state index contributed by atoms with van der Waals surface area (Å²) in [5.41, 5.74) is 1.97. The van der Waals surface area contributed by atoms with Crippen molar-refractivity contribution in [3.05, 3.63) is 47.8 Å². The molecule has 2 N–H and O–H groups in total. The van der Waals surface area contributed by atoms with Gasteiger partial charge in [-0.15, -0.1) is 0 Å². The lowest BCUT2D eigenvalue weighted by Crippen LogP contribution is -2.41. The number of rotatable bonds is 8. The van der Waals surface area contributed by atoms with Crippen LogP contribution in [0.2, 0.25) is 0 Å². The van der Waals surface area contributed by atoms with Crippen molar-refractivity contribution in [2.75, 3.05) is 33.8 Å². The summed E-state index contributed by atoms with van der Waals surface area (Å²) in [5.74, 6) is 0.811. The first-order valence-corrected chi connectivity index (χ1v) is 9.44. The summed E-state index contributed by atoms with van der Waals surface area (Å²) in [6.45, 7) is 2.62. The van der Waals surface area contributed by atoms with Crippen LogP contribution in [-0.2, 0) is 11.8 Å². The molecule has 1 aliphatic heterocycles. The molecule has 7 heteroatoms. The Kier molecular flexibility index (Phi) is 6.47. The number of likely N-dealkylation sites (tertiary alicyclic amines) is 1. The van der Waals surface area contributed by atoms with Crippen molar-refractivity contribution in [1.29, 1.82) is 0 Å². The lowest BCUT2D eigenvalue weighted by molar-refractivity contribution is -0.123. The summed E-state index contributed by atoms with van der Waals surface area (Å²) in [6, 6.07) is 7.74. The van der Waals surface area contributed by atoms with Gasteiger partial charge < -0.3 is 15.4 Å². The maximum Gasteiger partial charge on any atom is 0.241 e. The van der Waals surface area contributed by atoms with E-state index < -0.39 is 6.04 Å². The van der Waals surface area contributed by atoms with Gasteiger partial charge in [0.1, 0.15) is 11.8 Å². The third kappa shape index (κ3) is 4.48. The maximum atomic E-state index is 12.8. The number of carbonyl (C=O) groups excluding carboxylic acids is 1. The maximum absolute atomic E-state index is 12.8. The number of aryl methyl sites for hydroxylation is 1. The van der Waals surface area contributed by atoms with Gasteiger partial charge in [-0.05, 0) is 39.0 Å². The highest BCUT2D eigenvalue weighted by atomic mass is 16.5. The molecule has 0 bridgehead atoms. The number of carbonyl (C=O) groups is 1. The Bertz CT molecular complexity index is 754. The van der Waals surface area contributed by atoms with Gasteiger partial charge in [0.25, 0.3) is 0 Å². The predicted molar refractivity (Wildman–Crippen MR) is 105 cm³/mol. The molecule has 7 nitrogen and oxygen atoms in total. The largest absolute Gasteiger partial charge is 0.496 e. The molecule has 1 aromatic heterocycles. The summed E-state index contributed by atoms with van der Waals surface area (Å²) in [4.78, 5) is 15.3. The monoisotopic (exact) mass is 371 g/mol. The Morgan fingerprint density at radius 1 is 1.30 bits per heavy atom. The smallest absolute Gasteiger partial charge is 0.241 e. The average Bonchev–Trinajstić information content (AvgIpc) is 3.35. The Morgan fingerprint density at radius 3 is 2.67 bits per heavy atom. The SMILES string of the molecule is CNC(C(=O)NCC(c1ccccc1OC)N1CCCC1)c1cnn(C)c1. The summed E-state index contributed by atoms with van der Waals surface area (Å²) in [6.07, 6.45) is 5.96. The van der Waals surface area contributed by atoms with E-state index in [1.54, 1.807) is 25.0 Å². The predicted octanol–water partition coefficient (Wildman–Crippen LogP) is 1.64. The summed E-state index contributed by atoms with van der Waals surface area (Å²) < 4.78 is 7.27. The highest BCUT2D eigenvalue weighted by Gasteiger charge is 2.28. The number of amides is 1. The van der Waals surface area contributed by atoms with Crippen LogP contribution in [0.5, 0.6) is 5.75 Å². The lowest BCUT2D eigenvalue weighted by atomic mass is 10.0. The van der Waals surface area contributed by atoms with Crippen LogP contribution < -0.4 is 15.4 Å². The first kappa shape index (κ1) is 19.4. The molecule has 1 aromatic carbocycles. The number of para-hydroxylation sites is 1. The standard InChI is InChI=1S/C20H29N5O2/c1-21-19(15-12-23-24(2)14-15)20(26)22-13-17(25-10-6-7-11-25)16-8-4-5-9-18(16)27-3/h4-5,8-9,12,14,17,19,21H,6-7,10-11,13H2,1-3H3,(H,22,26). The number of methoxy groups -OCH3 is 1. The molecule has 1 saturated heterocycles. The van der Waals surface area contributed by atoms with Crippen molar-refractivity contribution in [2.45, 2.75) is 24.9 Å². The van der Waals surface area contributed by atoms with E-state index in [-0.39, 0.29) is 11.9 Å². The fourth-order valence-corrected chi connectivity index (χ4v) is 3.77. The van der Waals surface area contributed by atoms with Gasteiger partial charge in [0.2, 0.25) is 5.91 Å². The normalized spacial score (nSPS) is 16.9. The van der Waals surface area contributed by atoms with E-state index in [9.17, 15) is 4.79 Å². The van der Waals surface area contributed by atoms with E-state index in [0.29, 0.717) is 6.54 Å². The van der Waals surface area contributed by atoms with Crippen LogP contribution in [0.1, 0.15) is 36.1 Å². The van der Waals surface area contributed by atoms with Gasteiger partial charge in [0, 0.05) is 30.9 Å². The Hall–Kier alpha value is -2.38. The van der Waals surface area contributed by atoms with Crippen LogP contribution in [0.15, 0.2) is 36.7 Å². The molecular weight excluding hydrogens is 342 g/mol. The number of ether oxygens (including phenoxy) is 1. The average molecular weight is 371 g/mol. The van der Waals surface area contributed by atoms with E-state index in [2.05, 4.69) is 26.7 Å². The second-order valence-electron chi connectivity index (χ2n) is 6.92. The lowest BCUT2D eigenvalue weighted by Gasteiger charge is -2.30. The Labute approximate surface area is 160 Å². The summed E-state index contributed by atoms with van der Waals surface area (Å²) in [7, 11) is 5.33. The second-order valence-corrected chi connectivity index (χ2v) is 6.92. The molecule has 2 heterocycles. The van der Waals surface area contributed by atoms with Crippen molar-refractivity contribution in [1.82, 2.24) is 25.3 Å². The van der Waals surface area contributed by atoms with E-state index in [1.807, 2.05) is 31.4 Å². The first-order chi connectivity index (χ1) is 13.1.